The van der Waals surface area contributed by atoms with Crippen LogP contribution in [0.25, 0.3) is 0 Å². The number of hydrogen-bond donors (Lipinski definition) is 3. The van der Waals surface area contributed by atoms with Crippen LogP contribution in [0.15, 0.2) is 0 Å². The molecule has 6 nitrogen and oxygen atoms in total. The quantitative estimate of drug-likeness (QED) is 0.651. The topological polar surface area (TPSA) is 92.9 Å². The largest absolute Gasteiger partial charge is 0.381 e. The Morgan fingerprint density at radius 2 is 2.07 bits per heavy atom. The lowest BCUT2D eigenvalue weighted by molar-refractivity contribution is 0.0959. The summed E-state index contributed by atoms with van der Waals surface area (Å²) in [5.41, 5.74) is 5.55. The number of amides is 1. The van der Waals surface area contributed by atoms with E-state index in [9.17, 15) is 4.79 Å². The highest BCUT2D eigenvalue weighted by Crippen LogP contribution is 2.18. The van der Waals surface area contributed by atoms with Gasteiger partial charge in [0.25, 0.3) is 5.91 Å². The van der Waals surface area contributed by atoms with E-state index in [1.165, 1.54) is 7.05 Å². The first-order valence-electron chi connectivity index (χ1n) is 3.83. The molecule has 1 amide bonds. The van der Waals surface area contributed by atoms with Gasteiger partial charge in [0.1, 0.15) is 0 Å². The van der Waals surface area contributed by atoms with E-state index in [-0.39, 0.29) is 22.6 Å². The molecular formula is C7H10ClN5O. The van der Waals surface area contributed by atoms with Gasteiger partial charge in [-0.05, 0) is 0 Å². The Kier molecular flexibility index (Phi) is 3.08. The van der Waals surface area contributed by atoms with E-state index in [0.29, 0.717) is 5.82 Å². The highest BCUT2D eigenvalue weighted by molar-refractivity contribution is 6.31. The molecule has 14 heavy (non-hydrogen) atoms. The van der Waals surface area contributed by atoms with E-state index in [2.05, 4.69) is 20.6 Å². The smallest absolute Gasteiger partial charge is 0.273 e. The minimum atomic E-state index is -0.372. The molecule has 0 aliphatic rings. The van der Waals surface area contributed by atoms with Crippen molar-refractivity contribution in [3.05, 3.63) is 10.8 Å². The van der Waals surface area contributed by atoms with Crippen molar-refractivity contribution in [1.82, 2.24) is 15.3 Å². The van der Waals surface area contributed by atoms with Crippen LogP contribution in [0.1, 0.15) is 10.5 Å². The molecule has 7 heteroatoms. The number of rotatable bonds is 2. The molecule has 4 N–H and O–H groups in total. The number of nitrogen functional groups attached to an aromatic ring is 1. The van der Waals surface area contributed by atoms with Gasteiger partial charge >= 0.3 is 0 Å². The van der Waals surface area contributed by atoms with Crippen molar-refractivity contribution in [2.75, 3.05) is 25.1 Å². The number of nitrogens with two attached hydrogens (primary N) is 1. The zero-order valence-corrected chi connectivity index (χ0v) is 8.51. The Hall–Kier alpha value is -1.56. The van der Waals surface area contributed by atoms with Gasteiger partial charge in [-0.2, -0.15) is 0 Å². The SMILES string of the molecule is CNC(=O)c1nc(Cl)c(N)nc1NC. The number of anilines is 2. The van der Waals surface area contributed by atoms with Crippen LogP contribution < -0.4 is 16.4 Å². The molecule has 1 aromatic heterocycles. The highest BCUT2D eigenvalue weighted by Gasteiger charge is 2.15. The molecule has 1 heterocycles. The maximum Gasteiger partial charge on any atom is 0.273 e. The molecule has 76 valence electrons. The van der Waals surface area contributed by atoms with Crippen molar-refractivity contribution >= 4 is 29.1 Å². The monoisotopic (exact) mass is 215 g/mol. The standard InChI is InChI=1S/C7H10ClN5O/c1-10-6-3(7(14)11-2)12-4(8)5(9)13-6/h1-2H3,(H,11,14)(H3,9,10,13). The first-order chi connectivity index (χ1) is 6.60. The van der Waals surface area contributed by atoms with E-state index >= 15 is 0 Å². The second-order valence-electron chi connectivity index (χ2n) is 2.43. The third-order valence-corrected chi connectivity index (χ3v) is 1.83. The Labute approximate surface area is 85.9 Å². The molecule has 1 rings (SSSR count). The lowest BCUT2D eigenvalue weighted by Gasteiger charge is -2.07. The average Bonchev–Trinajstić information content (AvgIpc) is 2.20. The van der Waals surface area contributed by atoms with Crippen molar-refractivity contribution in [3.63, 3.8) is 0 Å². The molecule has 0 atom stereocenters. The summed E-state index contributed by atoms with van der Waals surface area (Å²) >= 11 is 5.64. The summed E-state index contributed by atoms with van der Waals surface area (Å²) in [6.07, 6.45) is 0. The predicted molar refractivity (Wildman–Crippen MR) is 54.4 cm³/mol. The summed E-state index contributed by atoms with van der Waals surface area (Å²) in [5.74, 6) is 0.0127. The number of hydrogen-bond acceptors (Lipinski definition) is 5. The van der Waals surface area contributed by atoms with E-state index in [1.807, 2.05) is 0 Å². The van der Waals surface area contributed by atoms with Crippen LogP contribution in [0.4, 0.5) is 11.6 Å². The van der Waals surface area contributed by atoms with E-state index in [1.54, 1.807) is 7.05 Å². The van der Waals surface area contributed by atoms with Gasteiger partial charge in [-0.25, -0.2) is 9.97 Å². The fraction of sp³-hybridized carbons (Fsp3) is 0.286. The van der Waals surface area contributed by atoms with Crippen molar-refractivity contribution in [2.24, 2.45) is 0 Å². The van der Waals surface area contributed by atoms with Crippen molar-refractivity contribution in [2.45, 2.75) is 0 Å². The molecule has 0 spiro atoms. The van der Waals surface area contributed by atoms with Crippen LogP contribution in [0.2, 0.25) is 5.15 Å². The zero-order valence-electron chi connectivity index (χ0n) is 7.76. The zero-order chi connectivity index (χ0) is 10.7. The van der Waals surface area contributed by atoms with Crippen LogP contribution in [0.5, 0.6) is 0 Å². The van der Waals surface area contributed by atoms with Gasteiger partial charge in [0.05, 0.1) is 0 Å². The Bertz CT molecular complexity index is 367. The number of nitrogens with zero attached hydrogens (tertiary/aromatic N) is 2. The van der Waals surface area contributed by atoms with E-state index < -0.39 is 0 Å². The minimum absolute atomic E-state index is 0.0163. The molecule has 0 saturated carbocycles. The number of nitrogens with one attached hydrogen (secondary N) is 2. The van der Waals surface area contributed by atoms with Crippen LogP contribution in [-0.4, -0.2) is 30.0 Å². The van der Waals surface area contributed by atoms with Crippen LogP contribution >= 0.6 is 11.6 Å². The fourth-order valence-corrected chi connectivity index (χ4v) is 1.01. The summed E-state index contributed by atoms with van der Waals surface area (Å²) in [4.78, 5) is 19.0. The second-order valence-corrected chi connectivity index (χ2v) is 2.78. The number of carbonyl (C=O) groups is 1. The van der Waals surface area contributed by atoms with E-state index in [4.69, 9.17) is 17.3 Å². The summed E-state index contributed by atoms with van der Waals surface area (Å²) in [7, 11) is 3.11. The van der Waals surface area contributed by atoms with Gasteiger partial charge in [-0.15, -0.1) is 0 Å². The van der Waals surface area contributed by atoms with Crippen LogP contribution in [0, 0.1) is 0 Å². The molecule has 0 radical (unpaired) electrons. The van der Waals surface area contributed by atoms with Crippen LogP contribution in [0.3, 0.4) is 0 Å². The van der Waals surface area contributed by atoms with Gasteiger partial charge in [0.15, 0.2) is 22.5 Å². The highest BCUT2D eigenvalue weighted by atomic mass is 35.5. The molecule has 0 aliphatic heterocycles. The van der Waals surface area contributed by atoms with Gasteiger partial charge in [0, 0.05) is 14.1 Å². The second kappa shape index (κ2) is 4.10. The van der Waals surface area contributed by atoms with Crippen molar-refractivity contribution in [1.29, 1.82) is 0 Å². The lowest BCUT2D eigenvalue weighted by atomic mass is 10.4. The maximum atomic E-state index is 11.3. The molecular weight excluding hydrogens is 206 g/mol. The Morgan fingerprint density at radius 3 is 2.57 bits per heavy atom. The number of carbonyl (C=O) groups excluding carboxylic acids is 1. The minimum Gasteiger partial charge on any atom is -0.381 e. The summed E-state index contributed by atoms with van der Waals surface area (Å²) in [5, 5.41) is 5.14. The molecule has 1 aromatic rings. The molecule has 0 fully saturated rings. The molecule has 0 saturated heterocycles. The molecule has 0 bridgehead atoms. The number of halogens is 1. The summed E-state index contributed by atoms with van der Waals surface area (Å²) in [6.45, 7) is 0. The molecule has 0 aliphatic carbocycles. The van der Waals surface area contributed by atoms with E-state index in [0.717, 1.165) is 0 Å². The Balaban J connectivity index is 3.27. The molecule has 0 aromatic carbocycles. The summed E-state index contributed by atoms with van der Waals surface area (Å²) in [6, 6.07) is 0. The lowest BCUT2D eigenvalue weighted by Crippen LogP contribution is -2.22. The average molecular weight is 216 g/mol. The third kappa shape index (κ3) is 1.85. The maximum absolute atomic E-state index is 11.3. The first-order valence-corrected chi connectivity index (χ1v) is 4.20. The normalized spacial score (nSPS) is 9.64. The van der Waals surface area contributed by atoms with Crippen molar-refractivity contribution in [3.8, 4) is 0 Å². The van der Waals surface area contributed by atoms with Crippen molar-refractivity contribution < 1.29 is 4.79 Å². The number of aromatic nitrogens is 2. The van der Waals surface area contributed by atoms with Crippen LogP contribution in [-0.2, 0) is 0 Å². The molecule has 0 unspecified atom stereocenters. The van der Waals surface area contributed by atoms with Gasteiger partial charge in [-0.1, -0.05) is 11.6 Å². The third-order valence-electron chi connectivity index (χ3n) is 1.56. The fourth-order valence-electron chi connectivity index (χ4n) is 0.879. The summed E-state index contributed by atoms with van der Waals surface area (Å²) < 4.78 is 0. The first kappa shape index (κ1) is 10.5. The van der Waals surface area contributed by atoms with Gasteiger partial charge < -0.3 is 16.4 Å². The predicted octanol–water partition coefficient (Wildman–Crippen LogP) is 0.113. The Morgan fingerprint density at radius 1 is 1.43 bits per heavy atom. The van der Waals surface area contributed by atoms with Gasteiger partial charge in [-0.3, -0.25) is 4.79 Å². The van der Waals surface area contributed by atoms with Gasteiger partial charge in [0.2, 0.25) is 0 Å².